The Hall–Kier alpha value is -3.03. The van der Waals surface area contributed by atoms with Gasteiger partial charge in [0.1, 0.15) is 0 Å². The highest BCUT2D eigenvalue weighted by Gasteiger charge is 2.25. The van der Waals surface area contributed by atoms with Gasteiger partial charge in [-0.05, 0) is 25.1 Å². The van der Waals surface area contributed by atoms with E-state index in [1.54, 1.807) is 0 Å². The van der Waals surface area contributed by atoms with Crippen LogP contribution in [0.5, 0.6) is 11.5 Å². The Morgan fingerprint density at radius 1 is 0.952 bits per heavy atom. The maximum Gasteiger partial charge on any atom is 0.346 e. The Labute approximate surface area is 117 Å². The molecule has 2 aromatic rings. The first kappa shape index (κ1) is 14.4. The normalized spacial score (nSPS) is 10.2. The van der Waals surface area contributed by atoms with Crippen molar-refractivity contribution in [3.05, 3.63) is 68.0 Å². The van der Waals surface area contributed by atoms with Gasteiger partial charge in [0.2, 0.25) is 17.3 Å². The topological polar surface area (TPSA) is 95.5 Å². The van der Waals surface area contributed by atoms with Gasteiger partial charge in [0.15, 0.2) is 0 Å². The molecule has 0 bridgehead atoms. The van der Waals surface area contributed by atoms with Gasteiger partial charge in [-0.3, -0.25) is 20.2 Å². The number of ether oxygens (including phenoxy) is 1. The molecule has 2 aromatic carbocycles. The van der Waals surface area contributed by atoms with Gasteiger partial charge >= 0.3 is 11.4 Å². The highest BCUT2D eigenvalue weighted by molar-refractivity contribution is 5.56. The molecule has 0 N–H and O–H groups in total. The van der Waals surface area contributed by atoms with E-state index in [0.29, 0.717) is 5.56 Å². The van der Waals surface area contributed by atoms with Crippen molar-refractivity contribution in [1.29, 1.82) is 0 Å². The van der Waals surface area contributed by atoms with Crippen molar-refractivity contribution >= 4 is 11.4 Å². The number of hydrogen-bond donors (Lipinski definition) is 0. The van der Waals surface area contributed by atoms with Gasteiger partial charge < -0.3 is 4.74 Å². The molecule has 0 aliphatic rings. The van der Waals surface area contributed by atoms with E-state index in [2.05, 4.69) is 0 Å². The monoisotopic (exact) mass is 292 g/mol. The second-order valence-corrected chi connectivity index (χ2v) is 4.12. The van der Waals surface area contributed by atoms with Crippen molar-refractivity contribution < 1.29 is 19.0 Å². The van der Waals surface area contributed by atoms with Crippen LogP contribution in [0, 0.1) is 33.0 Å². The molecule has 0 saturated heterocycles. The summed E-state index contributed by atoms with van der Waals surface area (Å²) in [6.45, 7) is 1.50. The van der Waals surface area contributed by atoms with Crippen LogP contribution < -0.4 is 4.74 Å². The molecule has 0 radical (unpaired) electrons. The molecule has 0 heterocycles. The van der Waals surface area contributed by atoms with Crippen molar-refractivity contribution in [3.63, 3.8) is 0 Å². The van der Waals surface area contributed by atoms with Gasteiger partial charge in [0.25, 0.3) is 0 Å². The summed E-state index contributed by atoms with van der Waals surface area (Å²) >= 11 is 0. The standard InChI is InChI=1S/C13H9FN2O5/c1-8-4-2-6-10(12(8)15(17)18)21-11-7-3-5-9(14)13(11)16(19)20/h2-7H,1H3. The average molecular weight is 292 g/mol. The first-order valence-electron chi connectivity index (χ1n) is 5.76. The second-order valence-electron chi connectivity index (χ2n) is 4.12. The van der Waals surface area contributed by atoms with Crippen molar-refractivity contribution in [3.8, 4) is 11.5 Å². The van der Waals surface area contributed by atoms with Crippen LogP contribution >= 0.6 is 0 Å². The van der Waals surface area contributed by atoms with Crippen LogP contribution in [0.1, 0.15) is 5.56 Å². The second kappa shape index (κ2) is 5.53. The lowest BCUT2D eigenvalue weighted by molar-refractivity contribution is -0.389. The molecule has 0 saturated carbocycles. The summed E-state index contributed by atoms with van der Waals surface area (Å²) in [5, 5.41) is 21.9. The summed E-state index contributed by atoms with van der Waals surface area (Å²) in [7, 11) is 0. The number of nitrogens with zero attached hydrogens (tertiary/aromatic N) is 2. The zero-order chi connectivity index (χ0) is 15.6. The van der Waals surface area contributed by atoms with Crippen LogP contribution in [0.4, 0.5) is 15.8 Å². The maximum absolute atomic E-state index is 13.5. The van der Waals surface area contributed by atoms with Gasteiger partial charge in [-0.25, -0.2) is 0 Å². The number of nitro benzene ring substituents is 2. The first-order chi connectivity index (χ1) is 9.91. The Kier molecular flexibility index (Phi) is 3.79. The number of hydrogen-bond acceptors (Lipinski definition) is 5. The van der Waals surface area contributed by atoms with Crippen molar-refractivity contribution in [2.24, 2.45) is 0 Å². The number of rotatable bonds is 4. The van der Waals surface area contributed by atoms with Crippen molar-refractivity contribution in [2.75, 3.05) is 0 Å². The molecule has 0 amide bonds. The van der Waals surface area contributed by atoms with Crippen LogP contribution in [-0.4, -0.2) is 9.85 Å². The predicted molar refractivity (Wildman–Crippen MR) is 71.0 cm³/mol. The fourth-order valence-electron chi connectivity index (χ4n) is 1.82. The lowest BCUT2D eigenvalue weighted by Gasteiger charge is -2.08. The number of benzene rings is 2. The Balaban J connectivity index is 2.54. The minimum Gasteiger partial charge on any atom is -0.443 e. The highest BCUT2D eigenvalue weighted by atomic mass is 19.1. The smallest absolute Gasteiger partial charge is 0.346 e. The fraction of sp³-hybridized carbons (Fsp3) is 0.0769. The van der Waals surface area contributed by atoms with Crippen LogP contribution in [0.25, 0.3) is 0 Å². The maximum atomic E-state index is 13.5. The number of para-hydroxylation sites is 2. The van der Waals surface area contributed by atoms with E-state index < -0.39 is 27.1 Å². The highest BCUT2D eigenvalue weighted by Crippen LogP contribution is 2.38. The Morgan fingerprint density at radius 3 is 2.05 bits per heavy atom. The lowest BCUT2D eigenvalue weighted by Crippen LogP contribution is -1.99. The van der Waals surface area contributed by atoms with Gasteiger partial charge in [0, 0.05) is 5.56 Å². The third-order valence-electron chi connectivity index (χ3n) is 2.74. The molecule has 7 nitrogen and oxygen atoms in total. The fourth-order valence-corrected chi connectivity index (χ4v) is 1.82. The van der Waals surface area contributed by atoms with E-state index in [-0.39, 0.29) is 11.4 Å². The zero-order valence-electron chi connectivity index (χ0n) is 10.8. The number of halogens is 1. The SMILES string of the molecule is Cc1cccc(Oc2cccc(F)c2[N+](=O)[O-])c1[N+](=O)[O-]. The molecule has 0 aliphatic carbocycles. The predicted octanol–water partition coefficient (Wildman–Crippen LogP) is 3.74. The van der Waals surface area contributed by atoms with E-state index >= 15 is 0 Å². The number of aryl methyl sites for hydroxylation is 1. The number of nitro groups is 2. The molecule has 21 heavy (non-hydrogen) atoms. The van der Waals surface area contributed by atoms with Crippen LogP contribution in [0.3, 0.4) is 0 Å². The molecule has 0 spiro atoms. The summed E-state index contributed by atoms with van der Waals surface area (Å²) in [6, 6.07) is 7.61. The Morgan fingerprint density at radius 2 is 1.48 bits per heavy atom. The van der Waals surface area contributed by atoms with Gasteiger partial charge in [-0.15, -0.1) is 0 Å². The van der Waals surface area contributed by atoms with Crippen LogP contribution in [-0.2, 0) is 0 Å². The minimum atomic E-state index is -1.08. The quantitative estimate of drug-likeness (QED) is 0.631. The van der Waals surface area contributed by atoms with E-state index in [1.165, 1.54) is 37.3 Å². The van der Waals surface area contributed by atoms with Crippen molar-refractivity contribution in [1.82, 2.24) is 0 Å². The summed E-state index contributed by atoms with van der Waals surface area (Å²) < 4.78 is 18.7. The van der Waals surface area contributed by atoms with E-state index in [9.17, 15) is 24.6 Å². The van der Waals surface area contributed by atoms with E-state index in [0.717, 1.165) is 6.07 Å². The van der Waals surface area contributed by atoms with Gasteiger partial charge in [0.05, 0.1) is 9.85 Å². The molecule has 0 aromatic heterocycles. The zero-order valence-corrected chi connectivity index (χ0v) is 10.8. The Bertz CT molecular complexity index is 671. The van der Waals surface area contributed by atoms with Gasteiger partial charge in [-0.1, -0.05) is 18.2 Å². The largest absolute Gasteiger partial charge is 0.443 e. The van der Waals surface area contributed by atoms with Crippen LogP contribution in [0.2, 0.25) is 0 Å². The first-order valence-corrected chi connectivity index (χ1v) is 5.76. The summed E-state index contributed by atoms with van der Waals surface area (Å²) in [5.74, 6) is -1.66. The minimum absolute atomic E-state index is 0.186. The summed E-state index contributed by atoms with van der Waals surface area (Å²) in [5.41, 5.74) is -0.860. The molecular weight excluding hydrogens is 283 g/mol. The van der Waals surface area contributed by atoms with Crippen molar-refractivity contribution in [2.45, 2.75) is 6.92 Å². The van der Waals surface area contributed by atoms with E-state index in [1.807, 2.05) is 0 Å². The molecule has 0 unspecified atom stereocenters. The summed E-state index contributed by atoms with van der Waals surface area (Å²) in [4.78, 5) is 20.3. The molecule has 2 rings (SSSR count). The third kappa shape index (κ3) is 2.78. The molecular formula is C13H9FN2O5. The van der Waals surface area contributed by atoms with Gasteiger partial charge in [-0.2, -0.15) is 4.39 Å². The third-order valence-corrected chi connectivity index (χ3v) is 2.74. The van der Waals surface area contributed by atoms with E-state index in [4.69, 9.17) is 4.74 Å². The molecule has 0 atom stereocenters. The molecule has 0 fully saturated rings. The lowest BCUT2D eigenvalue weighted by atomic mass is 10.2. The molecule has 0 aliphatic heterocycles. The molecule has 8 heteroatoms. The molecule has 108 valence electrons. The summed E-state index contributed by atoms with van der Waals surface area (Å²) in [6.07, 6.45) is 0. The average Bonchev–Trinajstić information content (AvgIpc) is 2.37. The van der Waals surface area contributed by atoms with Crippen LogP contribution in [0.15, 0.2) is 36.4 Å².